The summed E-state index contributed by atoms with van der Waals surface area (Å²) in [6, 6.07) is 1.43. The summed E-state index contributed by atoms with van der Waals surface area (Å²) in [6.07, 6.45) is 1.54. The van der Waals surface area contributed by atoms with Crippen LogP contribution in [-0.2, 0) is 9.53 Å². The molecule has 0 bridgehead atoms. The van der Waals surface area contributed by atoms with E-state index in [1.165, 1.54) is 18.5 Å². The number of halogens is 3. The number of amides is 1. The SMILES string of the molecule is COC1CN(C(=N)c2cnc(-c3[nH]ncc3NC(=O)C(C)C3CCC3)cc2NCC(F)(F)F)C1. The van der Waals surface area contributed by atoms with Gasteiger partial charge in [-0.15, -0.1) is 0 Å². The van der Waals surface area contributed by atoms with Crippen molar-refractivity contribution in [3.63, 3.8) is 0 Å². The molecule has 0 radical (unpaired) electrons. The molecule has 1 amide bonds. The Morgan fingerprint density at radius 2 is 2.06 bits per heavy atom. The number of pyridine rings is 1. The van der Waals surface area contributed by atoms with Crippen LogP contribution in [0.4, 0.5) is 24.5 Å². The lowest BCUT2D eigenvalue weighted by Crippen LogP contribution is -2.54. The Hall–Kier alpha value is -3.15. The molecule has 184 valence electrons. The molecule has 4 N–H and O–H groups in total. The smallest absolute Gasteiger partial charge is 0.378 e. The molecular formula is C22H28F3N7O2. The molecule has 3 heterocycles. The second kappa shape index (κ2) is 9.61. The van der Waals surface area contributed by atoms with E-state index in [9.17, 15) is 18.0 Å². The molecule has 2 aromatic heterocycles. The molecule has 2 aromatic rings. The van der Waals surface area contributed by atoms with Crippen LogP contribution >= 0.6 is 0 Å². The van der Waals surface area contributed by atoms with Crippen LogP contribution in [0.1, 0.15) is 31.7 Å². The molecule has 1 atom stereocenters. The standard InChI is InChI=1S/C22H28F3N7O2/c1-12(13-4-3-5-13)21(33)30-18-8-29-31-19(18)17-6-16(28-11-22(23,24)25)15(7-27-17)20(26)32-9-14(10-32)34-2/h6-8,12-14,26H,3-5,9-11H2,1-2H3,(H,27,28)(H,29,31)(H,30,33). The third-order valence-corrected chi connectivity index (χ3v) is 6.56. The molecule has 1 saturated heterocycles. The van der Waals surface area contributed by atoms with Crippen LogP contribution in [-0.4, -0.2) is 70.8 Å². The van der Waals surface area contributed by atoms with Gasteiger partial charge in [-0.1, -0.05) is 13.3 Å². The number of nitrogens with one attached hydrogen (secondary N) is 4. The number of ether oxygens (including phenoxy) is 1. The zero-order chi connectivity index (χ0) is 24.5. The van der Waals surface area contributed by atoms with Crippen LogP contribution in [0, 0.1) is 17.2 Å². The van der Waals surface area contributed by atoms with E-state index in [1.807, 2.05) is 6.92 Å². The van der Waals surface area contributed by atoms with Crippen molar-refractivity contribution in [2.24, 2.45) is 11.8 Å². The molecule has 0 spiro atoms. The maximum absolute atomic E-state index is 12.9. The predicted molar refractivity (Wildman–Crippen MR) is 121 cm³/mol. The minimum Gasteiger partial charge on any atom is -0.378 e. The maximum Gasteiger partial charge on any atom is 0.405 e. The lowest BCUT2D eigenvalue weighted by molar-refractivity contribution is -0.121. The summed E-state index contributed by atoms with van der Waals surface area (Å²) in [5.74, 6) is 0.135. The highest BCUT2D eigenvalue weighted by molar-refractivity contribution is 6.02. The van der Waals surface area contributed by atoms with Gasteiger partial charge >= 0.3 is 6.18 Å². The number of hydrogen-bond donors (Lipinski definition) is 4. The van der Waals surface area contributed by atoms with Crippen molar-refractivity contribution in [2.45, 2.75) is 38.5 Å². The van der Waals surface area contributed by atoms with Crippen LogP contribution < -0.4 is 10.6 Å². The van der Waals surface area contributed by atoms with Crippen molar-refractivity contribution in [2.75, 3.05) is 37.4 Å². The molecule has 4 rings (SSSR count). The van der Waals surface area contributed by atoms with Gasteiger partial charge in [0, 0.05) is 38.0 Å². The summed E-state index contributed by atoms with van der Waals surface area (Å²) in [4.78, 5) is 18.7. The van der Waals surface area contributed by atoms with Crippen molar-refractivity contribution >= 4 is 23.1 Å². The van der Waals surface area contributed by atoms with Crippen molar-refractivity contribution in [3.8, 4) is 11.4 Å². The van der Waals surface area contributed by atoms with E-state index < -0.39 is 12.7 Å². The van der Waals surface area contributed by atoms with Gasteiger partial charge in [-0.3, -0.25) is 20.3 Å². The van der Waals surface area contributed by atoms with Crippen molar-refractivity contribution in [1.82, 2.24) is 20.1 Å². The van der Waals surface area contributed by atoms with E-state index in [1.54, 1.807) is 12.0 Å². The number of hydrogen-bond acceptors (Lipinski definition) is 6. The number of anilines is 2. The number of amidine groups is 1. The van der Waals surface area contributed by atoms with Crippen LogP contribution in [0.5, 0.6) is 0 Å². The minimum atomic E-state index is -4.44. The summed E-state index contributed by atoms with van der Waals surface area (Å²) < 4.78 is 44.0. The predicted octanol–water partition coefficient (Wildman–Crippen LogP) is 3.48. The van der Waals surface area contributed by atoms with Crippen LogP contribution in [0.25, 0.3) is 11.4 Å². The van der Waals surface area contributed by atoms with Gasteiger partial charge in [-0.25, -0.2) is 0 Å². The topological polar surface area (TPSA) is 119 Å². The van der Waals surface area contributed by atoms with Crippen LogP contribution in [0.3, 0.4) is 0 Å². The summed E-state index contributed by atoms with van der Waals surface area (Å²) in [7, 11) is 1.58. The summed E-state index contributed by atoms with van der Waals surface area (Å²) in [5.41, 5.74) is 1.43. The Bertz CT molecular complexity index is 1050. The average molecular weight is 480 g/mol. The number of methoxy groups -OCH3 is 1. The number of aromatic nitrogens is 3. The number of carbonyl (C=O) groups is 1. The van der Waals surface area contributed by atoms with E-state index in [0.717, 1.165) is 19.3 Å². The first-order chi connectivity index (χ1) is 16.2. The van der Waals surface area contributed by atoms with Gasteiger partial charge in [0.2, 0.25) is 5.91 Å². The fraction of sp³-hybridized carbons (Fsp3) is 0.545. The van der Waals surface area contributed by atoms with Crippen molar-refractivity contribution in [3.05, 3.63) is 24.0 Å². The van der Waals surface area contributed by atoms with Gasteiger partial charge in [0.25, 0.3) is 0 Å². The van der Waals surface area contributed by atoms with Gasteiger partial charge in [-0.2, -0.15) is 18.3 Å². The number of rotatable bonds is 8. The summed E-state index contributed by atoms with van der Waals surface area (Å²) in [5, 5.41) is 20.5. The summed E-state index contributed by atoms with van der Waals surface area (Å²) >= 11 is 0. The summed E-state index contributed by atoms with van der Waals surface area (Å²) in [6.45, 7) is 1.58. The van der Waals surface area contributed by atoms with Crippen LogP contribution in [0.15, 0.2) is 18.5 Å². The molecular weight excluding hydrogens is 451 g/mol. The molecule has 1 aliphatic carbocycles. The Labute approximate surface area is 195 Å². The van der Waals surface area contributed by atoms with E-state index in [-0.39, 0.29) is 35.0 Å². The zero-order valence-corrected chi connectivity index (χ0v) is 19.0. The minimum absolute atomic E-state index is 0.0161. The molecule has 2 fully saturated rings. The highest BCUT2D eigenvalue weighted by atomic mass is 19.4. The number of aromatic amines is 1. The molecule has 2 aliphatic rings. The normalized spacial score (nSPS) is 17.6. The molecule has 1 aliphatic heterocycles. The first kappa shape index (κ1) is 24.0. The Morgan fingerprint density at radius 3 is 2.68 bits per heavy atom. The first-order valence-electron chi connectivity index (χ1n) is 11.2. The number of H-pyrrole nitrogens is 1. The largest absolute Gasteiger partial charge is 0.405 e. The fourth-order valence-electron chi connectivity index (χ4n) is 4.04. The lowest BCUT2D eigenvalue weighted by Gasteiger charge is -2.40. The highest BCUT2D eigenvalue weighted by Crippen LogP contribution is 2.35. The number of alkyl halides is 3. The first-order valence-corrected chi connectivity index (χ1v) is 11.2. The second-order valence-corrected chi connectivity index (χ2v) is 8.82. The Kier molecular flexibility index (Phi) is 6.78. The quantitative estimate of drug-likeness (QED) is 0.340. The monoisotopic (exact) mass is 479 g/mol. The molecule has 0 aromatic carbocycles. The van der Waals surface area contributed by atoms with Crippen LogP contribution in [0.2, 0.25) is 0 Å². The number of nitrogens with zero attached hydrogens (tertiary/aromatic N) is 3. The highest BCUT2D eigenvalue weighted by Gasteiger charge is 2.32. The van der Waals surface area contributed by atoms with Gasteiger partial charge in [-0.05, 0) is 24.8 Å². The van der Waals surface area contributed by atoms with Gasteiger partial charge in [0.05, 0.1) is 29.2 Å². The Balaban J connectivity index is 1.57. The number of likely N-dealkylation sites (tertiary alicyclic amines) is 1. The third kappa shape index (κ3) is 5.16. The van der Waals surface area contributed by atoms with E-state index in [2.05, 4.69) is 25.8 Å². The molecule has 1 saturated carbocycles. The molecule has 1 unspecified atom stereocenters. The van der Waals surface area contributed by atoms with E-state index >= 15 is 0 Å². The van der Waals surface area contributed by atoms with E-state index in [0.29, 0.717) is 36.1 Å². The average Bonchev–Trinajstić information content (AvgIpc) is 3.17. The zero-order valence-electron chi connectivity index (χ0n) is 19.0. The lowest BCUT2D eigenvalue weighted by atomic mass is 9.76. The Morgan fingerprint density at radius 1 is 1.32 bits per heavy atom. The molecule has 34 heavy (non-hydrogen) atoms. The molecule has 9 nitrogen and oxygen atoms in total. The molecule has 12 heteroatoms. The number of carbonyl (C=O) groups excluding carboxylic acids is 1. The second-order valence-electron chi connectivity index (χ2n) is 8.82. The van der Waals surface area contributed by atoms with Gasteiger partial charge < -0.3 is 20.3 Å². The maximum atomic E-state index is 12.9. The van der Waals surface area contributed by atoms with E-state index in [4.69, 9.17) is 10.1 Å². The van der Waals surface area contributed by atoms with Crippen molar-refractivity contribution < 1.29 is 22.7 Å². The van der Waals surface area contributed by atoms with Gasteiger partial charge in [0.1, 0.15) is 18.1 Å². The van der Waals surface area contributed by atoms with Gasteiger partial charge in [0.15, 0.2) is 0 Å². The van der Waals surface area contributed by atoms with Crippen molar-refractivity contribution in [1.29, 1.82) is 5.41 Å². The fourth-order valence-corrected chi connectivity index (χ4v) is 4.04. The third-order valence-electron chi connectivity index (χ3n) is 6.56.